The molecular formula is C21H25NO5. The molecule has 2 aromatic carbocycles. The molecule has 0 spiro atoms. The van der Waals surface area contributed by atoms with Crippen molar-refractivity contribution in [3.05, 3.63) is 47.5 Å². The number of carbonyl (C=O) groups is 2. The van der Waals surface area contributed by atoms with Gasteiger partial charge in [0.1, 0.15) is 0 Å². The smallest absolute Gasteiger partial charge is 0.255 e. The number of ether oxygens (including phenoxy) is 3. The monoisotopic (exact) mass is 371 g/mol. The van der Waals surface area contributed by atoms with Crippen LogP contribution in [-0.2, 0) is 0 Å². The number of Topliss-reactive ketones (excluding diaryl/α,β-unsaturated/α-hetero) is 1. The molecule has 0 fully saturated rings. The number of anilines is 1. The molecule has 0 saturated carbocycles. The van der Waals surface area contributed by atoms with Gasteiger partial charge in [0, 0.05) is 11.1 Å². The molecule has 0 aromatic heterocycles. The van der Waals surface area contributed by atoms with Gasteiger partial charge in [-0.2, -0.15) is 0 Å². The third-order valence-corrected chi connectivity index (χ3v) is 3.73. The van der Waals surface area contributed by atoms with E-state index >= 15 is 0 Å². The van der Waals surface area contributed by atoms with E-state index in [9.17, 15) is 9.59 Å². The van der Waals surface area contributed by atoms with Crippen LogP contribution in [0.15, 0.2) is 36.4 Å². The summed E-state index contributed by atoms with van der Waals surface area (Å²) in [5.41, 5.74) is 1.26. The number of para-hydroxylation sites is 1. The number of nitrogens with one attached hydrogen (secondary N) is 1. The van der Waals surface area contributed by atoms with Crippen LogP contribution in [0, 0.1) is 0 Å². The molecule has 6 heteroatoms. The quantitative estimate of drug-likeness (QED) is 0.664. The van der Waals surface area contributed by atoms with Crippen LogP contribution < -0.4 is 19.5 Å². The first-order chi connectivity index (χ1) is 13.0. The second-order valence-corrected chi connectivity index (χ2v) is 5.66. The van der Waals surface area contributed by atoms with Gasteiger partial charge < -0.3 is 19.5 Å². The lowest BCUT2D eigenvalue weighted by molar-refractivity contribution is 0.101. The van der Waals surface area contributed by atoms with E-state index in [2.05, 4.69) is 5.32 Å². The lowest BCUT2D eigenvalue weighted by Crippen LogP contribution is -2.15. The maximum atomic E-state index is 12.8. The number of hydrogen-bond donors (Lipinski definition) is 1. The molecular weight excluding hydrogens is 346 g/mol. The molecule has 27 heavy (non-hydrogen) atoms. The van der Waals surface area contributed by atoms with E-state index in [-0.39, 0.29) is 11.7 Å². The molecule has 0 unspecified atom stereocenters. The number of amides is 1. The van der Waals surface area contributed by atoms with Crippen molar-refractivity contribution >= 4 is 17.4 Å². The summed E-state index contributed by atoms with van der Waals surface area (Å²) in [7, 11) is 0. The van der Waals surface area contributed by atoms with E-state index < -0.39 is 0 Å². The SMILES string of the molecule is CCOc1cc(C(=O)Nc2ccccc2C(C)=O)cc(OCC)c1OCC. The molecule has 0 aliphatic carbocycles. The van der Waals surface area contributed by atoms with Crippen LogP contribution in [0.5, 0.6) is 17.2 Å². The Balaban J connectivity index is 2.42. The fraction of sp³-hybridized carbons (Fsp3) is 0.333. The van der Waals surface area contributed by atoms with Crippen molar-refractivity contribution in [2.75, 3.05) is 25.1 Å². The Morgan fingerprint density at radius 3 is 1.96 bits per heavy atom. The Kier molecular flexibility index (Phi) is 7.23. The van der Waals surface area contributed by atoms with Crippen LogP contribution in [-0.4, -0.2) is 31.5 Å². The highest BCUT2D eigenvalue weighted by Crippen LogP contribution is 2.39. The van der Waals surface area contributed by atoms with Crippen LogP contribution in [0.25, 0.3) is 0 Å². The molecule has 2 rings (SSSR count). The molecule has 0 saturated heterocycles. The number of hydrogen-bond acceptors (Lipinski definition) is 5. The number of ketones is 1. The fourth-order valence-electron chi connectivity index (χ4n) is 2.61. The second kappa shape index (κ2) is 9.62. The minimum absolute atomic E-state index is 0.123. The highest BCUT2D eigenvalue weighted by molar-refractivity contribution is 6.09. The van der Waals surface area contributed by atoms with E-state index in [0.717, 1.165) is 0 Å². The van der Waals surface area contributed by atoms with Gasteiger partial charge in [0.25, 0.3) is 5.91 Å². The Bertz CT molecular complexity index is 789. The van der Waals surface area contributed by atoms with Crippen LogP contribution in [0.2, 0.25) is 0 Å². The first-order valence-electron chi connectivity index (χ1n) is 8.99. The topological polar surface area (TPSA) is 73.9 Å². The van der Waals surface area contributed by atoms with Crippen LogP contribution in [0.1, 0.15) is 48.4 Å². The van der Waals surface area contributed by atoms with Gasteiger partial charge >= 0.3 is 0 Å². The highest BCUT2D eigenvalue weighted by Gasteiger charge is 2.19. The fourth-order valence-corrected chi connectivity index (χ4v) is 2.61. The molecule has 0 atom stereocenters. The summed E-state index contributed by atoms with van der Waals surface area (Å²) in [5.74, 6) is 0.865. The van der Waals surface area contributed by atoms with E-state index in [4.69, 9.17) is 14.2 Å². The van der Waals surface area contributed by atoms with Gasteiger partial charge in [-0.25, -0.2) is 0 Å². The van der Waals surface area contributed by atoms with Crippen molar-refractivity contribution in [2.24, 2.45) is 0 Å². The molecule has 0 heterocycles. The highest BCUT2D eigenvalue weighted by atomic mass is 16.5. The van der Waals surface area contributed by atoms with Gasteiger partial charge in [0.15, 0.2) is 17.3 Å². The molecule has 2 aromatic rings. The third-order valence-electron chi connectivity index (χ3n) is 3.73. The Hall–Kier alpha value is -3.02. The van der Waals surface area contributed by atoms with Gasteiger partial charge in [-0.15, -0.1) is 0 Å². The van der Waals surface area contributed by atoms with Crippen molar-refractivity contribution in [3.8, 4) is 17.2 Å². The maximum Gasteiger partial charge on any atom is 0.255 e. The summed E-state index contributed by atoms with van der Waals surface area (Å²) >= 11 is 0. The first kappa shape index (κ1) is 20.3. The molecule has 144 valence electrons. The molecule has 1 amide bonds. The van der Waals surface area contributed by atoms with E-state index in [1.54, 1.807) is 36.4 Å². The van der Waals surface area contributed by atoms with Crippen LogP contribution in [0.4, 0.5) is 5.69 Å². The summed E-state index contributed by atoms with van der Waals surface area (Å²) in [4.78, 5) is 24.6. The molecule has 0 aliphatic heterocycles. The second-order valence-electron chi connectivity index (χ2n) is 5.66. The standard InChI is InChI=1S/C21H25NO5/c1-5-25-18-12-15(13-19(26-6-2)20(18)27-7-3)21(24)22-17-11-9-8-10-16(17)14(4)23/h8-13H,5-7H2,1-4H3,(H,22,24). The summed E-state index contributed by atoms with van der Waals surface area (Å²) in [6, 6.07) is 10.1. The zero-order valence-corrected chi connectivity index (χ0v) is 16.1. The zero-order chi connectivity index (χ0) is 19.8. The Morgan fingerprint density at radius 2 is 1.44 bits per heavy atom. The van der Waals surface area contributed by atoms with Crippen LogP contribution in [0.3, 0.4) is 0 Å². The number of carbonyl (C=O) groups excluding carboxylic acids is 2. The molecule has 0 radical (unpaired) electrons. The predicted molar refractivity (Wildman–Crippen MR) is 104 cm³/mol. The van der Waals surface area contributed by atoms with Gasteiger partial charge in [-0.05, 0) is 52.0 Å². The van der Waals surface area contributed by atoms with Crippen molar-refractivity contribution in [3.63, 3.8) is 0 Å². The summed E-state index contributed by atoms with van der Waals surface area (Å²) < 4.78 is 16.9. The van der Waals surface area contributed by atoms with Gasteiger partial charge in [-0.3, -0.25) is 9.59 Å². The lowest BCUT2D eigenvalue weighted by Gasteiger charge is -2.17. The van der Waals surface area contributed by atoms with Gasteiger partial charge in [-0.1, -0.05) is 12.1 Å². The number of benzene rings is 2. The zero-order valence-electron chi connectivity index (χ0n) is 16.1. The van der Waals surface area contributed by atoms with Gasteiger partial charge in [0.2, 0.25) is 5.75 Å². The third kappa shape index (κ3) is 5.00. The van der Waals surface area contributed by atoms with Crippen molar-refractivity contribution in [2.45, 2.75) is 27.7 Å². The summed E-state index contributed by atoms with van der Waals surface area (Å²) in [6.45, 7) is 8.32. The summed E-state index contributed by atoms with van der Waals surface area (Å²) in [6.07, 6.45) is 0. The average Bonchev–Trinajstić information content (AvgIpc) is 2.64. The molecule has 6 nitrogen and oxygen atoms in total. The van der Waals surface area contributed by atoms with Gasteiger partial charge in [0.05, 0.1) is 25.5 Å². The average molecular weight is 371 g/mol. The first-order valence-corrected chi connectivity index (χ1v) is 8.99. The van der Waals surface area contributed by atoms with Crippen molar-refractivity contribution in [1.82, 2.24) is 0 Å². The molecule has 1 N–H and O–H groups in total. The molecule has 0 aliphatic rings. The van der Waals surface area contributed by atoms with E-state index in [1.165, 1.54) is 6.92 Å². The Labute approximate surface area is 159 Å². The normalized spacial score (nSPS) is 10.2. The van der Waals surface area contributed by atoms with E-state index in [0.29, 0.717) is 53.9 Å². The Morgan fingerprint density at radius 1 is 0.889 bits per heavy atom. The number of rotatable bonds is 9. The summed E-state index contributed by atoms with van der Waals surface area (Å²) in [5, 5.41) is 2.79. The largest absolute Gasteiger partial charge is 0.490 e. The minimum atomic E-state index is -0.367. The van der Waals surface area contributed by atoms with Crippen molar-refractivity contribution in [1.29, 1.82) is 0 Å². The lowest BCUT2D eigenvalue weighted by atomic mass is 10.1. The van der Waals surface area contributed by atoms with Crippen molar-refractivity contribution < 1.29 is 23.8 Å². The van der Waals surface area contributed by atoms with Crippen LogP contribution >= 0.6 is 0 Å². The van der Waals surface area contributed by atoms with E-state index in [1.807, 2.05) is 20.8 Å². The predicted octanol–water partition coefficient (Wildman–Crippen LogP) is 4.34. The minimum Gasteiger partial charge on any atom is -0.490 e. The molecule has 0 bridgehead atoms. The maximum absolute atomic E-state index is 12.8.